The summed E-state index contributed by atoms with van der Waals surface area (Å²) < 4.78 is 64.9. The first kappa shape index (κ1) is 28.9. The number of thiophene rings is 1. The van der Waals surface area contributed by atoms with Crippen molar-refractivity contribution in [3.63, 3.8) is 0 Å². The molecule has 0 saturated heterocycles. The summed E-state index contributed by atoms with van der Waals surface area (Å²) in [4.78, 5) is 9.60. The highest BCUT2D eigenvalue weighted by Crippen LogP contribution is 2.38. The van der Waals surface area contributed by atoms with Crippen LogP contribution < -0.4 is 10.5 Å². The summed E-state index contributed by atoms with van der Waals surface area (Å²) >= 11 is 2.51. The monoisotopic (exact) mass is 558 g/mol. The van der Waals surface area contributed by atoms with E-state index < -0.39 is 22.0 Å². The quantitative estimate of drug-likeness (QED) is 0.145. The molecule has 4 N–H and O–H groups in total. The fourth-order valence-electron chi connectivity index (χ4n) is 2.71. The van der Waals surface area contributed by atoms with Gasteiger partial charge in [0, 0.05) is 0 Å². The summed E-state index contributed by atoms with van der Waals surface area (Å²) in [6.45, 7) is 3.91. The van der Waals surface area contributed by atoms with Gasteiger partial charge in [0.1, 0.15) is 18.2 Å². The highest BCUT2D eigenvalue weighted by atomic mass is 32.2. The molecule has 1 aromatic heterocycles. The van der Waals surface area contributed by atoms with Crippen LogP contribution in [0.3, 0.4) is 0 Å². The molecule has 0 aliphatic heterocycles. The number of carbonyl (C=O) groups is 1. The van der Waals surface area contributed by atoms with Crippen molar-refractivity contribution in [2.24, 2.45) is 5.73 Å². The van der Waals surface area contributed by atoms with Gasteiger partial charge >= 0.3 is 12.1 Å². The van der Waals surface area contributed by atoms with Gasteiger partial charge in [-0.15, -0.1) is 23.1 Å². The zero-order valence-corrected chi connectivity index (χ0v) is 21.2. The molecule has 0 atom stereocenters. The third-order valence-corrected chi connectivity index (χ3v) is 8.63. The minimum absolute atomic E-state index is 0.126. The molecule has 36 heavy (non-hydrogen) atoms. The number of nitrogens with two attached hydrogens (primary N) is 1. The molecule has 0 aliphatic rings. The molecule has 3 aromatic rings. The zero-order valence-electron chi connectivity index (χ0n) is 18.7. The average Bonchev–Trinajstić information content (AvgIpc) is 3.29. The van der Waals surface area contributed by atoms with Crippen LogP contribution in [-0.4, -0.2) is 44.4 Å². The minimum Gasteiger partial charge on any atom is -0.489 e. The smallest absolute Gasteiger partial charge is 0.489 e. The lowest BCUT2D eigenvalue weighted by atomic mass is 10.1. The number of ether oxygens (including phenoxy) is 1. The van der Waals surface area contributed by atoms with E-state index in [1.807, 2.05) is 36.4 Å². The van der Waals surface area contributed by atoms with Gasteiger partial charge in [-0.25, -0.2) is 13.2 Å². The Morgan fingerprint density at radius 1 is 1.19 bits per heavy atom. The van der Waals surface area contributed by atoms with Crippen LogP contribution in [0.4, 0.5) is 13.2 Å². The van der Waals surface area contributed by atoms with E-state index in [1.165, 1.54) is 35.2 Å². The van der Waals surface area contributed by atoms with Crippen LogP contribution in [0, 0.1) is 5.41 Å². The van der Waals surface area contributed by atoms with Crippen LogP contribution in [0.2, 0.25) is 0 Å². The van der Waals surface area contributed by atoms with Gasteiger partial charge < -0.3 is 15.6 Å². The van der Waals surface area contributed by atoms with Gasteiger partial charge in [0.15, 0.2) is 0 Å². The molecule has 192 valence electrons. The van der Waals surface area contributed by atoms with Crippen LogP contribution in [-0.2, 0) is 14.6 Å². The maximum absolute atomic E-state index is 13.5. The molecule has 13 heteroatoms. The molecule has 7 nitrogen and oxygen atoms in total. The molecule has 0 aliphatic carbocycles. The Balaban J connectivity index is 0.000000572. The van der Waals surface area contributed by atoms with Gasteiger partial charge in [0.05, 0.1) is 18.9 Å². The Labute approximate surface area is 213 Å². The topological polar surface area (TPSA) is 131 Å². The zero-order chi connectivity index (χ0) is 27.1. The van der Waals surface area contributed by atoms with Gasteiger partial charge in [0.25, 0.3) is 0 Å². The van der Waals surface area contributed by atoms with E-state index in [2.05, 4.69) is 6.58 Å². The largest absolute Gasteiger partial charge is 0.490 e. The van der Waals surface area contributed by atoms with E-state index in [-0.39, 0.29) is 22.2 Å². The molecule has 0 bridgehead atoms. The number of benzene rings is 2. The van der Waals surface area contributed by atoms with Gasteiger partial charge in [0.2, 0.25) is 9.84 Å². The van der Waals surface area contributed by atoms with E-state index in [4.69, 9.17) is 25.8 Å². The number of aliphatic carboxylic acids is 1. The van der Waals surface area contributed by atoms with Crippen molar-refractivity contribution in [2.75, 3.05) is 12.9 Å². The number of carboxylic acids is 1. The number of carboxylic acid groups (broad SMARTS) is 1. The van der Waals surface area contributed by atoms with Crippen molar-refractivity contribution in [1.82, 2.24) is 0 Å². The van der Waals surface area contributed by atoms with Crippen molar-refractivity contribution >= 4 is 44.7 Å². The predicted molar refractivity (Wildman–Crippen MR) is 134 cm³/mol. The van der Waals surface area contributed by atoms with E-state index >= 15 is 0 Å². The third-order valence-electron chi connectivity index (χ3n) is 4.31. The van der Waals surface area contributed by atoms with Crippen molar-refractivity contribution in [3.8, 4) is 16.9 Å². The van der Waals surface area contributed by atoms with Crippen molar-refractivity contribution in [2.45, 2.75) is 20.2 Å². The summed E-state index contributed by atoms with van der Waals surface area (Å²) in [5.41, 5.74) is 7.19. The molecule has 0 unspecified atom stereocenters. The first-order chi connectivity index (χ1) is 16.8. The maximum atomic E-state index is 13.5. The highest BCUT2D eigenvalue weighted by molar-refractivity contribution is 8.01. The van der Waals surface area contributed by atoms with Crippen LogP contribution in [0.5, 0.6) is 5.75 Å². The number of halogens is 3. The molecule has 0 amide bonds. The summed E-state index contributed by atoms with van der Waals surface area (Å²) in [7, 11) is -3.84. The number of sulfone groups is 1. The van der Waals surface area contributed by atoms with E-state index in [0.717, 1.165) is 11.1 Å². The van der Waals surface area contributed by atoms with Crippen LogP contribution in [0.25, 0.3) is 11.1 Å². The first-order valence-corrected chi connectivity index (χ1v) is 13.3. The SMILES string of the molecule is C=CCOc1cc(-c2ccccc2)cc(S(=O)(=O)c2cc(C(=N)N)sc2SC)c1.O=C(O)C(F)(F)F. The maximum Gasteiger partial charge on any atom is 0.490 e. The van der Waals surface area contributed by atoms with Crippen molar-refractivity contribution < 1.29 is 36.2 Å². The number of nitrogens with one attached hydrogen (secondary N) is 1. The number of amidine groups is 1. The second-order valence-electron chi connectivity index (χ2n) is 6.85. The summed E-state index contributed by atoms with van der Waals surface area (Å²) in [5, 5.41) is 14.8. The molecular weight excluding hydrogens is 537 g/mol. The number of hydrogen-bond donors (Lipinski definition) is 3. The lowest BCUT2D eigenvalue weighted by Crippen LogP contribution is -2.21. The molecule has 1 heterocycles. The molecule has 2 aromatic carbocycles. The molecule has 0 spiro atoms. The third kappa shape index (κ3) is 7.35. The Morgan fingerprint density at radius 2 is 1.81 bits per heavy atom. The van der Waals surface area contributed by atoms with Gasteiger partial charge in [-0.05, 0) is 41.6 Å². The number of nitrogen functional groups attached to an aromatic ring is 1. The van der Waals surface area contributed by atoms with Gasteiger partial charge in [-0.1, -0.05) is 43.0 Å². The van der Waals surface area contributed by atoms with Crippen LogP contribution in [0.1, 0.15) is 4.88 Å². The van der Waals surface area contributed by atoms with Crippen LogP contribution >= 0.6 is 23.1 Å². The highest BCUT2D eigenvalue weighted by Gasteiger charge is 2.38. The Hall–Kier alpha value is -3.29. The Kier molecular flexibility index (Phi) is 9.73. The molecule has 0 radical (unpaired) electrons. The summed E-state index contributed by atoms with van der Waals surface area (Å²) in [6, 6.07) is 15.9. The summed E-state index contributed by atoms with van der Waals surface area (Å²) in [5.74, 6) is -2.47. The normalized spacial score (nSPS) is 11.2. The standard InChI is InChI=1S/C21H20N2O3S3.C2HF3O2/c1-3-9-26-16-10-15(14-7-5-4-6-8-14)11-17(12-16)29(24,25)19-13-18(20(22)23)28-21(19)27-2;3-2(4,5)1(6)7/h3-8,10-13H,1,9H2,2H3,(H3,22,23);(H,6,7). The first-order valence-electron chi connectivity index (χ1n) is 9.82. The molecular formula is C23H21F3N2O5S3. The Bertz CT molecular complexity index is 1360. The lowest BCUT2D eigenvalue weighted by molar-refractivity contribution is -0.192. The summed E-state index contributed by atoms with van der Waals surface area (Å²) in [6.07, 6.45) is -1.68. The number of alkyl halides is 3. The van der Waals surface area contributed by atoms with Crippen LogP contribution in [0.15, 0.2) is 81.3 Å². The van der Waals surface area contributed by atoms with E-state index in [9.17, 15) is 21.6 Å². The number of rotatable bonds is 8. The Morgan fingerprint density at radius 3 is 2.31 bits per heavy atom. The number of hydrogen-bond acceptors (Lipinski definition) is 7. The second kappa shape index (κ2) is 12.1. The lowest BCUT2D eigenvalue weighted by Gasteiger charge is -2.12. The second-order valence-corrected chi connectivity index (χ2v) is 10.9. The van der Waals surface area contributed by atoms with Gasteiger partial charge in [-0.2, -0.15) is 13.2 Å². The van der Waals surface area contributed by atoms with E-state index in [1.54, 1.807) is 18.4 Å². The molecule has 0 fully saturated rings. The predicted octanol–water partition coefficient (Wildman–Crippen LogP) is 5.45. The fourth-order valence-corrected chi connectivity index (χ4v) is 6.63. The van der Waals surface area contributed by atoms with Crippen molar-refractivity contribution in [3.05, 3.63) is 72.1 Å². The number of thioether (sulfide) groups is 1. The fraction of sp³-hybridized carbons (Fsp3) is 0.130. The molecule has 3 rings (SSSR count). The minimum atomic E-state index is -5.08. The van der Waals surface area contributed by atoms with E-state index in [0.29, 0.717) is 14.8 Å². The van der Waals surface area contributed by atoms with Crippen molar-refractivity contribution in [1.29, 1.82) is 5.41 Å². The van der Waals surface area contributed by atoms with Gasteiger partial charge in [-0.3, -0.25) is 5.41 Å². The molecule has 0 saturated carbocycles. The average molecular weight is 559 g/mol.